The molecular weight excluding hydrogens is 478 g/mol. The van der Waals surface area contributed by atoms with E-state index in [9.17, 15) is 14.9 Å². The molecule has 2 fully saturated rings. The van der Waals surface area contributed by atoms with E-state index >= 15 is 0 Å². The smallest absolute Gasteiger partial charge is 0.253 e. The lowest BCUT2D eigenvalue weighted by molar-refractivity contribution is -0.122. The van der Waals surface area contributed by atoms with Crippen molar-refractivity contribution < 1.29 is 9.59 Å². The minimum atomic E-state index is -0.317. The van der Waals surface area contributed by atoms with E-state index in [1.165, 1.54) is 0 Å². The summed E-state index contributed by atoms with van der Waals surface area (Å²) in [5, 5.41) is 16.1. The Balaban J connectivity index is 1.46. The van der Waals surface area contributed by atoms with Gasteiger partial charge in [0.1, 0.15) is 5.82 Å². The zero-order valence-corrected chi connectivity index (χ0v) is 21.2. The van der Waals surface area contributed by atoms with Gasteiger partial charge in [-0.1, -0.05) is 31.0 Å². The molecule has 194 valence electrons. The lowest BCUT2D eigenvalue weighted by Gasteiger charge is -2.31. The molecule has 2 unspecified atom stereocenters. The molecule has 38 heavy (non-hydrogen) atoms. The average Bonchev–Trinajstić information content (AvgIpc) is 3.48. The topological polar surface area (TPSA) is 137 Å². The number of anilines is 3. The largest absolute Gasteiger partial charge is 0.369 e. The second-order valence-corrected chi connectivity index (χ2v) is 9.90. The highest BCUT2D eigenvalue weighted by Crippen LogP contribution is 2.33. The molecule has 2 heterocycles. The van der Waals surface area contributed by atoms with Crippen molar-refractivity contribution in [1.29, 1.82) is 5.26 Å². The minimum Gasteiger partial charge on any atom is -0.369 e. The molecule has 2 aromatic carbocycles. The van der Waals surface area contributed by atoms with Crippen LogP contribution in [0, 0.1) is 17.2 Å². The molecule has 5 rings (SSSR count). The van der Waals surface area contributed by atoms with Gasteiger partial charge in [-0.3, -0.25) is 9.59 Å². The molecule has 0 bridgehead atoms. The fourth-order valence-electron chi connectivity index (χ4n) is 5.30. The summed E-state index contributed by atoms with van der Waals surface area (Å²) in [7, 11) is 0. The van der Waals surface area contributed by atoms with Crippen molar-refractivity contribution in [2.24, 2.45) is 11.7 Å². The predicted molar refractivity (Wildman–Crippen MR) is 146 cm³/mol. The zero-order chi connectivity index (χ0) is 26.5. The molecule has 1 aliphatic heterocycles. The van der Waals surface area contributed by atoms with Gasteiger partial charge in [0.2, 0.25) is 11.9 Å². The Kier molecular flexibility index (Phi) is 7.50. The number of aromatic nitrogens is 2. The molecule has 9 nitrogen and oxygen atoms in total. The standard InChI is InChI=1S/C29H31N7O2/c30-17-19-7-5-8-20(15-19)24-18-32-29(35-27(24)34-25-12-2-1-11-23(25)26(31)37)33-22-10-6-9-21(16-22)28(38)36-13-3-4-14-36/h5-10,15-16,18,23,25H,1-4,11-14H2,(H2,31,37)(H2,32,33,34,35). The molecule has 0 spiro atoms. The third kappa shape index (κ3) is 5.59. The maximum atomic E-state index is 12.9. The van der Waals surface area contributed by atoms with Gasteiger partial charge in [0.05, 0.1) is 17.6 Å². The quantitative estimate of drug-likeness (QED) is 0.428. The molecule has 3 aromatic rings. The van der Waals surface area contributed by atoms with E-state index in [4.69, 9.17) is 10.7 Å². The van der Waals surface area contributed by atoms with Crippen molar-refractivity contribution in [3.8, 4) is 17.2 Å². The van der Waals surface area contributed by atoms with E-state index < -0.39 is 0 Å². The van der Waals surface area contributed by atoms with Crippen molar-refractivity contribution in [2.75, 3.05) is 23.7 Å². The SMILES string of the molecule is N#Cc1cccc(-c2cnc(Nc3cccc(C(=O)N4CCCC4)c3)nc2NC2CCCCC2C(N)=O)c1. The molecule has 1 saturated heterocycles. The number of nitrogens with two attached hydrogens (primary N) is 1. The monoisotopic (exact) mass is 509 g/mol. The first kappa shape index (κ1) is 25.2. The van der Waals surface area contributed by atoms with Crippen LogP contribution in [0.4, 0.5) is 17.5 Å². The summed E-state index contributed by atoms with van der Waals surface area (Å²) >= 11 is 0. The van der Waals surface area contributed by atoms with Gasteiger partial charge in [0, 0.05) is 42.1 Å². The second kappa shape index (κ2) is 11.3. The van der Waals surface area contributed by atoms with Crippen LogP contribution >= 0.6 is 0 Å². The Morgan fingerprint density at radius 3 is 2.61 bits per heavy atom. The fourth-order valence-corrected chi connectivity index (χ4v) is 5.30. The lowest BCUT2D eigenvalue weighted by atomic mass is 9.84. The van der Waals surface area contributed by atoms with Gasteiger partial charge in [-0.05, 0) is 61.6 Å². The van der Waals surface area contributed by atoms with Gasteiger partial charge in [0.15, 0.2) is 0 Å². The van der Waals surface area contributed by atoms with E-state index in [1.54, 1.807) is 18.3 Å². The Bertz CT molecular complexity index is 1380. The molecule has 0 radical (unpaired) electrons. The van der Waals surface area contributed by atoms with Crippen molar-refractivity contribution >= 4 is 29.3 Å². The van der Waals surface area contributed by atoms with Gasteiger partial charge in [0.25, 0.3) is 5.91 Å². The van der Waals surface area contributed by atoms with Gasteiger partial charge in [-0.15, -0.1) is 0 Å². The predicted octanol–water partition coefficient (Wildman–Crippen LogP) is 4.45. The second-order valence-electron chi connectivity index (χ2n) is 9.90. The van der Waals surface area contributed by atoms with Gasteiger partial charge < -0.3 is 21.3 Å². The Morgan fingerprint density at radius 1 is 1.03 bits per heavy atom. The summed E-state index contributed by atoms with van der Waals surface area (Å²) in [5.41, 5.74) is 9.09. The highest BCUT2D eigenvalue weighted by Gasteiger charge is 2.30. The number of hydrogen-bond acceptors (Lipinski definition) is 7. The van der Waals surface area contributed by atoms with Crippen LogP contribution in [0.3, 0.4) is 0 Å². The van der Waals surface area contributed by atoms with Crippen LogP contribution in [0.15, 0.2) is 54.7 Å². The highest BCUT2D eigenvalue weighted by molar-refractivity contribution is 5.95. The Labute approximate surface area is 222 Å². The molecule has 1 aliphatic carbocycles. The fraction of sp³-hybridized carbons (Fsp3) is 0.345. The summed E-state index contributed by atoms with van der Waals surface area (Å²) in [4.78, 5) is 36.2. The summed E-state index contributed by atoms with van der Waals surface area (Å²) < 4.78 is 0. The molecule has 4 N–H and O–H groups in total. The van der Waals surface area contributed by atoms with Crippen LogP contribution in [-0.2, 0) is 4.79 Å². The maximum absolute atomic E-state index is 12.9. The Morgan fingerprint density at radius 2 is 1.82 bits per heavy atom. The average molecular weight is 510 g/mol. The maximum Gasteiger partial charge on any atom is 0.253 e. The van der Waals surface area contributed by atoms with E-state index in [-0.39, 0.29) is 23.8 Å². The zero-order valence-electron chi connectivity index (χ0n) is 21.2. The van der Waals surface area contributed by atoms with Crippen LogP contribution < -0.4 is 16.4 Å². The van der Waals surface area contributed by atoms with E-state index in [1.807, 2.05) is 41.3 Å². The van der Waals surface area contributed by atoms with Crippen LogP contribution in [-0.4, -0.2) is 45.8 Å². The van der Waals surface area contributed by atoms with Crippen molar-refractivity contribution in [3.05, 3.63) is 65.9 Å². The number of likely N-dealkylation sites (tertiary alicyclic amines) is 1. The summed E-state index contributed by atoms with van der Waals surface area (Å²) in [5.74, 6) is 0.325. The van der Waals surface area contributed by atoms with Crippen LogP contribution in [0.2, 0.25) is 0 Å². The van der Waals surface area contributed by atoms with Gasteiger partial charge in [-0.25, -0.2) is 4.98 Å². The molecule has 1 saturated carbocycles. The first-order chi connectivity index (χ1) is 18.5. The summed E-state index contributed by atoms with van der Waals surface area (Å²) in [6, 6.07) is 16.6. The number of carbonyl (C=O) groups is 2. The number of carbonyl (C=O) groups excluding carboxylic acids is 2. The van der Waals surface area contributed by atoms with Crippen LogP contribution in [0.25, 0.3) is 11.1 Å². The number of benzene rings is 2. The number of nitrogens with one attached hydrogen (secondary N) is 2. The minimum absolute atomic E-state index is 0.0249. The van der Waals surface area contributed by atoms with Crippen molar-refractivity contribution in [3.63, 3.8) is 0 Å². The van der Waals surface area contributed by atoms with Gasteiger partial charge >= 0.3 is 0 Å². The first-order valence-corrected chi connectivity index (χ1v) is 13.1. The number of nitriles is 1. The summed E-state index contributed by atoms with van der Waals surface area (Å²) in [6.07, 6.45) is 7.28. The van der Waals surface area contributed by atoms with Crippen LogP contribution in [0.1, 0.15) is 54.4 Å². The molecule has 2 atom stereocenters. The third-order valence-electron chi connectivity index (χ3n) is 7.30. The summed E-state index contributed by atoms with van der Waals surface area (Å²) in [6.45, 7) is 1.58. The number of amides is 2. The van der Waals surface area contributed by atoms with Crippen molar-refractivity contribution in [1.82, 2.24) is 14.9 Å². The number of nitrogens with zero attached hydrogens (tertiary/aromatic N) is 4. The molecule has 2 aliphatic rings. The molecule has 9 heteroatoms. The van der Waals surface area contributed by atoms with E-state index in [0.717, 1.165) is 62.7 Å². The lowest BCUT2D eigenvalue weighted by Crippen LogP contribution is -2.40. The van der Waals surface area contributed by atoms with E-state index in [0.29, 0.717) is 28.6 Å². The normalized spacial score (nSPS) is 19.0. The molecule has 2 amide bonds. The Hall–Kier alpha value is -4.45. The first-order valence-electron chi connectivity index (χ1n) is 13.1. The number of hydrogen-bond donors (Lipinski definition) is 3. The van der Waals surface area contributed by atoms with Crippen molar-refractivity contribution in [2.45, 2.75) is 44.6 Å². The van der Waals surface area contributed by atoms with Gasteiger partial charge in [-0.2, -0.15) is 10.2 Å². The van der Waals surface area contributed by atoms with E-state index in [2.05, 4.69) is 21.7 Å². The number of rotatable bonds is 7. The highest BCUT2D eigenvalue weighted by atomic mass is 16.2. The molecular formula is C29H31N7O2. The van der Waals surface area contributed by atoms with Crippen LogP contribution in [0.5, 0.6) is 0 Å². The molecule has 1 aromatic heterocycles. The third-order valence-corrected chi connectivity index (χ3v) is 7.30. The number of primary amides is 1.